The van der Waals surface area contributed by atoms with Gasteiger partial charge >= 0.3 is 0 Å². The van der Waals surface area contributed by atoms with E-state index in [2.05, 4.69) is 5.32 Å². The molecule has 7 heteroatoms. The van der Waals surface area contributed by atoms with Crippen molar-refractivity contribution in [3.63, 3.8) is 0 Å². The fourth-order valence-corrected chi connectivity index (χ4v) is 1.58. The number of aliphatic hydroxyl groups excluding tert-OH is 2. The van der Waals surface area contributed by atoms with E-state index in [9.17, 15) is 23.8 Å². The fourth-order valence-electron chi connectivity index (χ4n) is 1.39. The summed E-state index contributed by atoms with van der Waals surface area (Å²) in [6, 6.07) is 1.66. The molecular formula is C11H12ClF2NO3. The third-order valence-electron chi connectivity index (χ3n) is 2.26. The topological polar surface area (TPSA) is 69.6 Å². The number of halogens is 3. The molecule has 0 saturated heterocycles. The minimum absolute atomic E-state index is 0.155. The van der Waals surface area contributed by atoms with Crippen LogP contribution < -0.4 is 5.32 Å². The Morgan fingerprint density at radius 1 is 1.39 bits per heavy atom. The second-order valence-corrected chi connectivity index (χ2v) is 4.17. The summed E-state index contributed by atoms with van der Waals surface area (Å²) >= 11 is 5.43. The van der Waals surface area contributed by atoms with Crippen LogP contribution in [0.15, 0.2) is 12.1 Å². The number of hydrogen-bond donors (Lipinski definition) is 3. The van der Waals surface area contributed by atoms with Gasteiger partial charge in [0.25, 0.3) is 0 Å². The summed E-state index contributed by atoms with van der Waals surface area (Å²) in [5.41, 5.74) is -0.683. The molecule has 1 rings (SSSR count). The van der Waals surface area contributed by atoms with E-state index in [1.165, 1.54) is 6.92 Å². The summed E-state index contributed by atoms with van der Waals surface area (Å²) in [5, 5.41) is 21.2. The fraction of sp³-hybridized carbons (Fsp3) is 0.364. The highest BCUT2D eigenvalue weighted by atomic mass is 35.5. The highest BCUT2D eigenvalue weighted by Gasteiger charge is 2.25. The number of benzene rings is 1. The first-order valence-corrected chi connectivity index (χ1v) is 5.45. The summed E-state index contributed by atoms with van der Waals surface area (Å²) in [5.74, 6) is -2.55. The van der Waals surface area contributed by atoms with Crippen molar-refractivity contribution in [2.75, 3.05) is 6.54 Å². The van der Waals surface area contributed by atoms with Gasteiger partial charge < -0.3 is 15.5 Å². The Morgan fingerprint density at radius 2 is 1.89 bits per heavy atom. The monoisotopic (exact) mass is 279 g/mol. The minimum atomic E-state index is -1.80. The average molecular weight is 280 g/mol. The van der Waals surface area contributed by atoms with E-state index in [1.807, 2.05) is 0 Å². The Morgan fingerprint density at radius 3 is 2.33 bits per heavy atom. The van der Waals surface area contributed by atoms with E-state index in [0.29, 0.717) is 0 Å². The van der Waals surface area contributed by atoms with Gasteiger partial charge in [-0.3, -0.25) is 4.79 Å². The first-order chi connectivity index (χ1) is 8.32. The van der Waals surface area contributed by atoms with E-state index < -0.39 is 35.3 Å². The lowest BCUT2D eigenvalue weighted by molar-refractivity contribution is -0.119. The summed E-state index contributed by atoms with van der Waals surface area (Å²) in [6.45, 7) is 0.889. The van der Waals surface area contributed by atoms with Gasteiger partial charge in [0.15, 0.2) is 0 Å². The van der Waals surface area contributed by atoms with E-state index in [-0.39, 0.29) is 11.6 Å². The summed E-state index contributed by atoms with van der Waals surface area (Å²) < 4.78 is 26.9. The van der Waals surface area contributed by atoms with E-state index in [1.54, 1.807) is 0 Å². The minimum Gasteiger partial charge on any atom is -0.388 e. The molecule has 0 saturated carbocycles. The van der Waals surface area contributed by atoms with Crippen LogP contribution in [0.2, 0.25) is 5.02 Å². The highest BCUT2D eigenvalue weighted by Crippen LogP contribution is 2.26. The van der Waals surface area contributed by atoms with Gasteiger partial charge in [-0.15, -0.1) is 0 Å². The molecule has 0 aliphatic carbocycles. The van der Waals surface area contributed by atoms with E-state index >= 15 is 0 Å². The van der Waals surface area contributed by atoms with E-state index in [0.717, 1.165) is 12.1 Å². The molecule has 0 aliphatic heterocycles. The number of rotatable bonds is 4. The maximum absolute atomic E-state index is 13.4. The maximum atomic E-state index is 13.4. The highest BCUT2D eigenvalue weighted by molar-refractivity contribution is 6.30. The van der Waals surface area contributed by atoms with Gasteiger partial charge in [-0.2, -0.15) is 0 Å². The maximum Gasteiger partial charge on any atom is 0.216 e. The van der Waals surface area contributed by atoms with Crippen LogP contribution in [0.3, 0.4) is 0 Å². The molecule has 0 aliphatic rings. The lowest BCUT2D eigenvalue weighted by Gasteiger charge is -2.19. The van der Waals surface area contributed by atoms with Crippen molar-refractivity contribution in [3.05, 3.63) is 34.4 Å². The first-order valence-electron chi connectivity index (χ1n) is 5.08. The lowest BCUT2D eigenvalue weighted by Crippen LogP contribution is -2.34. The standard InChI is InChI=1S/C11H12ClF2NO3/c1-5(16)15-4-9(17)11(18)10-7(13)2-6(12)3-8(10)14/h2-3,9,11,17-18H,4H2,1H3,(H,15,16). The normalized spacial score (nSPS) is 14.1. The van der Waals surface area contributed by atoms with Gasteiger partial charge in [0.05, 0.1) is 5.56 Å². The Labute approximate surface area is 107 Å². The third-order valence-corrected chi connectivity index (χ3v) is 2.48. The van der Waals surface area contributed by atoms with Crippen LogP contribution in [-0.2, 0) is 4.79 Å². The molecule has 0 bridgehead atoms. The molecule has 0 heterocycles. The molecule has 0 aromatic heterocycles. The molecule has 4 nitrogen and oxygen atoms in total. The molecule has 0 radical (unpaired) electrons. The molecule has 2 unspecified atom stereocenters. The number of amides is 1. The number of nitrogens with one attached hydrogen (secondary N) is 1. The zero-order valence-corrected chi connectivity index (χ0v) is 10.2. The quantitative estimate of drug-likeness (QED) is 0.774. The molecule has 1 amide bonds. The van der Waals surface area contributed by atoms with Crippen molar-refractivity contribution >= 4 is 17.5 Å². The second-order valence-electron chi connectivity index (χ2n) is 3.73. The van der Waals surface area contributed by atoms with Crippen molar-refractivity contribution < 1.29 is 23.8 Å². The van der Waals surface area contributed by atoms with Crippen molar-refractivity contribution in [1.29, 1.82) is 0 Å². The Bertz CT molecular complexity index is 433. The Hall–Kier alpha value is -1.24. The summed E-state index contributed by atoms with van der Waals surface area (Å²) in [4.78, 5) is 10.6. The van der Waals surface area contributed by atoms with Gasteiger partial charge in [-0.1, -0.05) is 11.6 Å². The lowest BCUT2D eigenvalue weighted by atomic mass is 10.0. The molecule has 2 atom stereocenters. The van der Waals surface area contributed by atoms with Crippen molar-refractivity contribution in [2.24, 2.45) is 0 Å². The predicted octanol–water partition coefficient (Wildman–Crippen LogP) is 1.15. The van der Waals surface area contributed by atoms with Crippen molar-refractivity contribution in [3.8, 4) is 0 Å². The largest absolute Gasteiger partial charge is 0.388 e. The van der Waals surface area contributed by atoms with Crippen LogP contribution in [0.5, 0.6) is 0 Å². The molecule has 0 spiro atoms. The van der Waals surface area contributed by atoms with Gasteiger partial charge in [0.1, 0.15) is 23.8 Å². The number of carbonyl (C=O) groups is 1. The molecule has 1 aromatic rings. The zero-order valence-electron chi connectivity index (χ0n) is 9.45. The predicted molar refractivity (Wildman–Crippen MR) is 61.0 cm³/mol. The number of hydrogen-bond acceptors (Lipinski definition) is 3. The number of carbonyl (C=O) groups excluding carboxylic acids is 1. The van der Waals surface area contributed by atoms with Gasteiger partial charge in [-0.25, -0.2) is 8.78 Å². The zero-order chi connectivity index (χ0) is 13.9. The Balaban J connectivity index is 2.89. The number of aliphatic hydroxyl groups is 2. The van der Waals surface area contributed by atoms with Gasteiger partial charge in [-0.05, 0) is 12.1 Å². The third kappa shape index (κ3) is 3.63. The van der Waals surface area contributed by atoms with E-state index in [4.69, 9.17) is 11.6 Å². The van der Waals surface area contributed by atoms with Crippen LogP contribution >= 0.6 is 11.6 Å². The Kier molecular flexibility index (Phi) is 5.01. The van der Waals surface area contributed by atoms with Crippen LogP contribution in [-0.4, -0.2) is 28.8 Å². The van der Waals surface area contributed by atoms with Crippen LogP contribution in [0.25, 0.3) is 0 Å². The molecular weight excluding hydrogens is 268 g/mol. The van der Waals surface area contributed by atoms with Gasteiger partial charge in [0.2, 0.25) is 5.91 Å². The van der Waals surface area contributed by atoms with Crippen LogP contribution in [0.1, 0.15) is 18.6 Å². The van der Waals surface area contributed by atoms with Gasteiger partial charge in [0, 0.05) is 18.5 Å². The molecule has 18 heavy (non-hydrogen) atoms. The molecule has 3 N–H and O–H groups in total. The van der Waals surface area contributed by atoms with Crippen molar-refractivity contribution in [1.82, 2.24) is 5.32 Å². The smallest absolute Gasteiger partial charge is 0.216 e. The first kappa shape index (κ1) is 14.8. The molecule has 100 valence electrons. The summed E-state index contributed by atoms with van der Waals surface area (Å²) in [7, 11) is 0. The van der Waals surface area contributed by atoms with Crippen LogP contribution in [0, 0.1) is 11.6 Å². The SMILES string of the molecule is CC(=O)NCC(O)C(O)c1c(F)cc(Cl)cc1F. The van der Waals surface area contributed by atoms with Crippen molar-refractivity contribution in [2.45, 2.75) is 19.1 Å². The molecule has 1 aromatic carbocycles. The molecule has 0 fully saturated rings. The second kappa shape index (κ2) is 6.08. The van der Waals surface area contributed by atoms with Crippen LogP contribution in [0.4, 0.5) is 8.78 Å². The summed E-state index contributed by atoms with van der Waals surface area (Å²) in [6.07, 6.45) is -3.33. The average Bonchev–Trinajstić information content (AvgIpc) is 2.24.